The van der Waals surface area contributed by atoms with Crippen molar-refractivity contribution in [3.05, 3.63) is 65.4 Å². The van der Waals surface area contributed by atoms with E-state index in [0.717, 1.165) is 27.7 Å². The fraction of sp³-hybridized carbons (Fsp3) is 0.227. The van der Waals surface area contributed by atoms with Gasteiger partial charge in [0.05, 0.1) is 13.2 Å². The molecular formula is C22H20N2O3. The monoisotopic (exact) mass is 360 g/mol. The zero-order valence-electron chi connectivity index (χ0n) is 15.0. The number of H-pyrrole nitrogens is 1. The molecule has 1 aromatic heterocycles. The minimum atomic E-state index is -0.399. The lowest BCUT2D eigenvalue weighted by Gasteiger charge is -2.30. The van der Waals surface area contributed by atoms with Crippen LogP contribution in [0.3, 0.4) is 0 Å². The van der Waals surface area contributed by atoms with Crippen molar-refractivity contribution in [2.45, 2.75) is 18.5 Å². The second kappa shape index (κ2) is 7.18. The summed E-state index contributed by atoms with van der Waals surface area (Å²) < 4.78 is 10.4. The van der Waals surface area contributed by atoms with Crippen LogP contribution >= 0.6 is 0 Å². The van der Waals surface area contributed by atoms with Crippen LogP contribution in [0, 0.1) is 12.3 Å². The molecule has 0 saturated heterocycles. The van der Waals surface area contributed by atoms with E-state index in [4.69, 9.17) is 15.9 Å². The van der Waals surface area contributed by atoms with Gasteiger partial charge in [0, 0.05) is 23.0 Å². The predicted molar refractivity (Wildman–Crippen MR) is 104 cm³/mol. The largest absolute Gasteiger partial charge is 0.481 e. The van der Waals surface area contributed by atoms with Crippen LogP contribution in [0.1, 0.15) is 22.9 Å². The first-order valence-electron chi connectivity index (χ1n) is 8.81. The van der Waals surface area contributed by atoms with E-state index in [1.807, 2.05) is 36.4 Å². The van der Waals surface area contributed by atoms with Gasteiger partial charge in [-0.3, -0.25) is 10.1 Å². The van der Waals surface area contributed by atoms with Gasteiger partial charge < -0.3 is 14.5 Å². The summed E-state index contributed by atoms with van der Waals surface area (Å²) in [6.45, 7) is 0.234. The highest BCUT2D eigenvalue weighted by atomic mass is 16.5. The summed E-state index contributed by atoms with van der Waals surface area (Å²) in [5.41, 5.74) is 4.32. The van der Waals surface area contributed by atoms with Gasteiger partial charge in [0.2, 0.25) is 0 Å². The van der Waals surface area contributed by atoms with Crippen molar-refractivity contribution in [1.82, 2.24) is 10.3 Å². The third-order valence-electron chi connectivity index (χ3n) is 4.93. The fourth-order valence-electron chi connectivity index (χ4n) is 3.67. The Hall–Kier alpha value is -3.23. The number of terminal acetylenes is 1. The Kier molecular flexibility index (Phi) is 4.57. The number of carbonyl (C=O) groups excluding carboxylic acids is 1. The maximum Gasteiger partial charge on any atom is 0.323 e. The topological polar surface area (TPSA) is 63.4 Å². The Morgan fingerprint density at radius 3 is 2.74 bits per heavy atom. The van der Waals surface area contributed by atoms with Crippen LogP contribution in [0.5, 0.6) is 5.75 Å². The van der Waals surface area contributed by atoms with Crippen molar-refractivity contribution in [2.75, 3.05) is 13.7 Å². The highest BCUT2D eigenvalue weighted by molar-refractivity contribution is 5.87. The van der Waals surface area contributed by atoms with Crippen LogP contribution in [-0.2, 0) is 16.0 Å². The van der Waals surface area contributed by atoms with Gasteiger partial charge in [-0.05, 0) is 29.3 Å². The van der Waals surface area contributed by atoms with Crippen molar-refractivity contribution in [2.24, 2.45) is 0 Å². The molecular weight excluding hydrogens is 340 g/mol. The molecule has 5 heteroatoms. The molecule has 0 bridgehead atoms. The van der Waals surface area contributed by atoms with Gasteiger partial charge in [-0.1, -0.05) is 36.3 Å². The van der Waals surface area contributed by atoms with Crippen molar-refractivity contribution in [3.63, 3.8) is 0 Å². The van der Waals surface area contributed by atoms with Crippen molar-refractivity contribution in [1.29, 1.82) is 0 Å². The molecule has 2 atom stereocenters. The first kappa shape index (κ1) is 17.2. The summed E-state index contributed by atoms with van der Waals surface area (Å²) in [6, 6.07) is 15.3. The number of rotatable bonds is 4. The molecule has 136 valence electrons. The summed E-state index contributed by atoms with van der Waals surface area (Å²) in [5.74, 6) is 2.91. The number of para-hydroxylation sites is 1. The van der Waals surface area contributed by atoms with Crippen LogP contribution in [-0.4, -0.2) is 30.7 Å². The van der Waals surface area contributed by atoms with Crippen molar-refractivity contribution >= 4 is 16.9 Å². The van der Waals surface area contributed by atoms with E-state index < -0.39 is 6.04 Å². The first-order chi connectivity index (χ1) is 13.2. The van der Waals surface area contributed by atoms with Gasteiger partial charge in [-0.2, -0.15) is 0 Å². The summed E-state index contributed by atoms with van der Waals surface area (Å²) in [5, 5.41) is 4.56. The molecule has 1 aliphatic rings. The SMILES string of the molecule is C#CCOc1ccc([C@@H]2N[C@@H](C(=O)OC)Cc3c2[nH]c2ccccc32)cc1. The Morgan fingerprint density at radius 1 is 1.22 bits per heavy atom. The molecule has 2 N–H and O–H groups in total. The number of nitrogens with one attached hydrogen (secondary N) is 2. The van der Waals surface area contributed by atoms with E-state index in [-0.39, 0.29) is 18.6 Å². The zero-order valence-corrected chi connectivity index (χ0v) is 15.0. The number of hydrogen-bond donors (Lipinski definition) is 2. The number of aromatic nitrogens is 1. The number of benzene rings is 2. The first-order valence-corrected chi connectivity index (χ1v) is 8.81. The Labute approximate surface area is 157 Å². The van der Waals surface area contributed by atoms with E-state index in [0.29, 0.717) is 12.2 Å². The summed E-state index contributed by atoms with van der Waals surface area (Å²) in [7, 11) is 1.42. The maximum absolute atomic E-state index is 12.3. The smallest absolute Gasteiger partial charge is 0.323 e. The number of ether oxygens (including phenoxy) is 2. The molecule has 5 nitrogen and oxygen atoms in total. The van der Waals surface area contributed by atoms with Crippen molar-refractivity contribution in [3.8, 4) is 18.1 Å². The maximum atomic E-state index is 12.3. The van der Waals surface area contributed by atoms with E-state index in [1.165, 1.54) is 7.11 Å². The average Bonchev–Trinajstić information content (AvgIpc) is 3.10. The summed E-state index contributed by atoms with van der Waals surface area (Å²) in [4.78, 5) is 15.8. The number of carbonyl (C=O) groups is 1. The number of esters is 1. The van der Waals surface area contributed by atoms with E-state index in [1.54, 1.807) is 0 Å². The quantitative estimate of drug-likeness (QED) is 0.555. The molecule has 1 aliphatic heterocycles. The number of methoxy groups -OCH3 is 1. The van der Waals surface area contributed by atoms with Gasteiger partial charge in [-0.25, -0.2) is 0 Å². The lowest BCUT2D eigenvalue weighted by molar-refractivity contribution is -0.143. The number of hydrogen-bond acceptors (Lipinski definition) is 4. The van der Waals surface area contributed by atoms with E-state index >= 15 is 0 Å². The van der Waals surface area contributed by atoms with Gasteiger partial charge in [-0.15, -0.1) is 6.42 Å². The Bertz CT molecular complexity index is 1010. The molecule has 3 aromatic rings. The second-order valence-electron chi connectivity index (χ2n) is 6.50. The predicted octanol–water partition coefficient (Wildman–Crippen LogP) is 2.96. The fourth-order valence-corrected chi connectivity index (χ4v) is 3.67. The van der Waals surface area contributed by atoms with Crippen molar-refractivity contribution < 1.29 is 14.3 Å². The number of aromatic amines is 1. The second-order valence-corrected chi connectivity index (χ2v) is 6.50. The molecule has 0 amide bonds. The normalized spacial score (nSPS) is 18.5. The molecule has 2 aromatic carbocycles. The standard InChI is InChI=1S/C22H20N2O3/c1-3-12-27-15-10-8-14(9-11-15)20-21-17(13-19(24-20)22(25)26-2)16-6-4-5-7-18(16)23-21/h1,4-11,19-20,23-24H,12-13H2,2H3/t19-,20+/m1/s1. The van der Waals surface area contributed by atoms with Crippen LogP contribution < -0.4 is 10.1 Å². The Balaban J connectivity index is 1.75. The summed E-state index contributed by atoms with van der Waals surface area (Å²) >= 11 is 0. The van der Waals surface area contributed by atoms with E-state index in [2.05, 4.69) is 28.4 Å². The highest BCUT2D eigenvalue weighted by Crippen LogP contribution is 2.35. The molecule has 0 unspecified atom stereocenters. The number of fused-ring (bicyclic) bond motifs is 3. The van der Waals surface area contributed by atoms with Crippen LogP contribution in [0.25, 0.3) is 10.9 Å². The molecule has 2 heterocycles. The van der Waals surface area contributed by atoms with Gasteiger partial charge in [0.25, 0.3) is 0 Å². The van der Waals surface area contributed by atoms with E-state index in [9.17, 15) is 4.79 Å². The summed E-state index contributed by atoms with van der Waals surface area (Å²) in [6.07, 6.45) is 5.83. The minimum Gasteiger partial charge on any atom is -0.481 e. The van der Waals surface area contributed by atoms with Gasteiger partial charge in [0.1, 0.15) is 18.4 Å². The molecule has 0 radical (unpaired) electrons. The minimum absolute atomic E-state index is 0.146. The molecule has 0 fully saturated rings. The molecule has 27 heavy (non-hydrogen) atoms. The van der Waals surface area contributed by atoms with Crippen LogP contribution in [0.4, 0.5) is 0 Å². The Morgan fingerprint density at radius 2 is 2.00 bits per heavy atom. The third-order valence-corrected chi connectivity index (χ3v) is 4.93. The van der Waals surface area contributed by atoms with Crippen LogP contribution in [0.15, 0.2) is 48.5 Å². The molecule has 0 saturated carbocycles. The highest BCUT2D eigenvalue weighted by Gasteiger charge is 2.34. The third kappa shape index (κ3) is 3.16. The zero-order chi connectivity index (χ0) is 18.8. The molecule has 4 rings (SSSR count). The van der Waals surface area contributed by atoms with Crippen LogP contribution in [0.2, 0.25) is 0 Å². The lowest BCUT2D eigenvalue weighted by atomic mass is 9.90. The average molecular weight is 360 g/mol. The lowest BCUT2D eigenvalue weighted by Crippen LogP contribution is -2.45. The molecule has 0 aliphatic carbocycles. The van der Waals surface area contributed by atoms with Gasteiger partial charge in [0.15, 0.2) is 0 Å². The van der Waals surface area contributed by atoms with Gasteiger partial charge >= 0.3 is 5.97 Å². The molecule has 0 spiro atoms.